The molecule has 2 rings (SSSR count). The van der Waals surface area contributed by atoms with E-state index >= 15 is 0 Å². The molecule has 1 saturated heterocycles. The molecule has 1 aliphatic rings. The highest BCUT2D eigenvalue weighted by Crippen LogP contribution is 2.29. The molecule has 19 heavy (non-hydrogen) atoms. The number of hydrogen-bond acceptors (Lipinski definition) is 2. The van der Waals surface area contributed by atoms with E-state index in [0.717, 1.165) is 12.6 Å². The fourth-order valence-corrected chi connectivity index (χ4v) is 2.66. The number of rotatable bonds is 2. The van der Waals surface area contributed by atoms with E-state index in [1.807, 2.05) is 4.90 Å². The summed E-state index contributed by atoms with van der Waals surface area (Å²) in [6.45, 7) is 9.81. The summed E-state index contributed by atoms with van der Waals surface area (Å²) in [7, 11) is 0. The lowest BCUT2D eigenvalue weighted by Gasteiger charge is -2.47. The Morgan fingerprint density at radius 2 is 2.00 bits per heavy atom. The molecule has 0 bridgehead atoms. The second kappa shape index (κ2) is 5.08. The van der Waals surface area contributed by atoms with Crippen molar-refractivity contribution in [3.05, 3.63) is 29.8 Å². The van der Waals surface area contributed by atoms with E-state index in [-0.39, 0.29) is 17.4 Å². The zero-order valence-corrected chi connectivity index (χ0v) is 12.0. The fourth-order valence-electron chi connectivity index (χ4n) is 2.66. The molecule has 1 aromatic carbocycles. The molecule has 1 unspecified atom stereocenters. The molecule has 2 nitrogen and oxygen atoms in total. The number of benzene rings is 1. The largest absolute Gasteiger partial charge is 0.363 e. The normalized spacial score (nSPS) is 22.9. The van der Waals surface area contributed by atoms with Crippen molar-refractivity contribution < 1.29 is 8.78 Å². The Hall–Kier alpha value is -1.16. The first-order valence-electron chi connectivity index (χ1n) is 6.77. The van der Waals surface area contributed by atoms with E-state index in [1.165, 1.54) is 12.1 Å². The van der Waals surface area contributed by atoms with Gasteiger partial charge in [0.1, 0.15) is 11.6 Å². The van der Waals surface area contributed by atoms with Gasteiger partial charge in [0, 0.05) is 30.7 Å². The molecule has 1 fully saturated rings. The van der Waals surface area contributed by atoms with Gasteiger partial charge in [-0.25, -0.2) is 8.78 Å². The first kappa shape index (κ1) is 14.3. The van der Waals surface area contributed by atoms with Crippen molar-refractivity contribution in [2.75, 3.05) is 18.0 Å². The fraction of sp³-hybridized carbons (Fsp3) is 0.600. The lowest BCUT2D eigenvalue weighted by Crippen LogP contribution is -2.63. The van der Waals surface area contributed by atoms with Crippen molar-refractivity contribution in [3.63, 3.8) is 0 Å². The predicted molar refractivity (Wildman–Crippen MR) is 74.4 cm³/mol. The second-order valence-electron chi connectivity index (χ2n) is 6.30. The number of hydrogen-bond donors (Lipinski definition) is 1. The van der Waals surface area contributed by atoms with Crippen LogP contribution >= 0.6 is 0 Å². The van der Waals surface area contributed by atoms with Crippen LogP contribution in [0.4, 0.5) is 14.5 Å². The van der Waals surface area contributed by atoms with Crippen LogP contribution in [0.1, 0.15) is 27.7 Å². The molecule has 0 spiro atoms. The molecular weight excluding hydrogens is 246 g/mol. The van der Waals surface area contributed by atoms with Gasteiger partial charge in [-0.3, -0.25) is 0 Å². The lowest BCUT2D eigenvalue weighted by molar-refractivity contribution is 0.275. The van der Waals surface area contributed by atoms with Gasteiger partial charge >= 0.3 is 0 Å². The van der Waals surface area contributed by atoms with Crippen molar-refractivity contribution in [1.29, 1.82) is 0 Å². The standard InChI is InChI=1S/C15H22F2N2/c1-10(2)14-8-18-15(3,4)9-19(14)13-7-11(16)5-6-12(13)17/h5-7,10,14,18H,8-9H2,1-4H3. The van der Waals surface area contributed by atoms with Crippen LogP contribution in [0.5, 0.6) is 0 Å². The van der Waals surface area contributed by atoms with Crippen LogP contribution in [0.25, 0.3) is 0 Å². The first-order chi connectivity index (χ1) is 8.80. The Balaban J connectivity index is 2.39. The van der Waals surface area contributed by atoms with Gasteiger partial charge in [-0.05, 0) is 31.9 Å². The third kappa shape index (κ3) is 3.06. The third-order valence-electron chi connectivity index (χ3n) is 3.74. The van der Waals surface area contributed by atoms with Crippen LogP contribution in [0.2, 0.25) is 0 Å². The number of piperazine rings is 1. The topological polar surface area (TPSA) is 15.3 Å². The quantitative estimate of drug-likeness (QED) is 0.886. The summed E-state index contributed by atoms with van der Waals surface area (Å²) in [6, 6.07) is 3.84. The summed E-state index contributed by atoms with van der Waals surface area (Å²) in [6.07, 6.45) is 0. The summed E-state index contributed by atoms with van der Waals surface area (Å²) in [4.78, 5) is 2.00. The number of anilines is 1. The zero-order valence-electron chi connectivity index (χ0n) is 12.0. The van der Waals surface area contributed by atoms with Crippen molar-refractivity contribution >= 4 is 5.69 Å². The van der Waals surface area contributed by atoms with Crippen LogP contribution in [-0.4, -0.2) is 24.7 Å². The molecule has 0 saturated carbocycles. The van der Waals surface area contributed by atoms with Crippen LogP contribution in [-0.2, 0) is 0 Å². The van der Waals surface area contributed by atoms with Gasteiger partial charge in [-0.15, -0.1) is 0 Å². The highest BCUT2D eigenvalue weighted by atomic mass is 19.1. The smallest absolute Gasteiger partial charge is 0.146 e. The molecule has 0 aromatic heterocycles. The average Bonchev–Trinajstić information content (AvgIpc) is 2.30. The van der Waals surface area contributed by atoms with Gasteiger partial charge in [0.25, 0.3) is 0 Å². The Bertz CT molecular complexity index is 457. The Morgan fingerprint density at radius 1 is 1.32 bits per heavy atom. The van der Waals surface area contributed by atoms with Crippen LogP contribution in [0.3, 0.4) is 0 Å². The highest BCUT2D eigenvalue weighted by Gasteiger charge is 2.35. The Morgan fingerprint density at radius 3 is 2.63 bits per heavy atom. The molecule has 1 aromatic rings. The summed E-state index contributed by atoms with van der Waals surface area (Å²) >= 11 is 0. The van der Waals surface area contributed by atoms with Crippen molar-refractivity contribution in [2.45, 2.75) is 39.3 Å². The number of nitrogens with zero attached hydrogens (tertiary/aromatic N) is 1. The lowest BCUT2D eigenvalue weighted by atomic mass is 9.92. The summed E-state index contributed by atoms with van der Waals surface area (Å²) < 4.78 is 27.4. The van der Waals surface area contributed by atoms with Crippen LogP contribution in [0.15, 0.2) is 18.2 Å². The van der Waals surface area contributed by atoms with Gasteiger partial charge in [-0.2, -0.15) is 0 Å². The first-order valence-corrected chi connectivity index (χ1v) is 6.77. The molecule has 4 heteroatoms. The van der Waals surface area contributed by atoms with Gasteiger partial charge in [0.2, 0.25) is 0 Å². The molecular formula is C15H22F2N2. The second-order valence-corrected chi connectivity index (χ2v) is 6.30. The maximum atomic E-state index is 14.0. The van der Waals surface area contributed by atoms with Gasteiger partial charge in [-0.1, -0.05) is 13.8 Å². The summed E-state index contributed by atoms with van der Waals surface area (Å²) in [5, 5.41) is 3.47. The monoisotopic (exact) mass is 268 g/mol. The molecule has 0 radical (unpaired) electrons. The van der Waals surface area contributed by atoms with E-state index in [1.54, 1.807) is 0 Å². The van der Waals surface area contributed by atoms with Crippen molar-refractivity contribution in [3.8, 4) is 0 Å². The van der Waals surface area contributed by atoms with Gasteiger partial charge < -0.3 is 10.2 Å². The highest BCUT2D eigenvalue weighted by molar-refractivity contribution is 5.50. The van der Waals surface area contributed by atoms with Gasteiger partial charge in [0.05, 0.1) is 5.69 Å². The zero-order chi connectivity index (χ0) is 14.2. The minimum Gasteiger partial charge on any atom is -0.363 e. The maximum Gasteiger partial charge on any atom is 0.146 e. The van der Waals surface area contributed by atoms with Gasteiger partial charge in [0.15, 0.2) is 0 Å². The Labute approximate surface area is 113 Å². The molecule has 1 atom stereocenters. The maximum absolute atomic E-state index is 14.0. The summed E-state index contributed by atoms with van der Waals surface area (Å²) in [5.41, 5.74) is 0.262. The van der Waals surface area contributed by atoms with Crippen molar-refractivity contribution in [2.24, 2.45) is 5.92 Å². The van der Waals surface area contributed by atoms with E-state index in [2.05, 4.69) is 33.0 Å². The van der Waals surface area contributed by atoms with E-state index in [0.29, 0.717) is 18.2 Å². The van der Waals surface area contributed by atoms with Crippen LogP contribution in [0, 0.1) is 17.6 Å². The minimum atomic E-state index is -0.393. The molecule has 106 valence electrons. The summed E-state index contributed by atoms with van der Waals surface area (Å²) in [5.74, 6) is -0.383. The predicted octanol–water partition coefficient (Wildman–Crippen LogP) is 3.18. The molecule has 0 aliphatic carbocycles. The van der Waals surface area contributed by atoms with E-state index in [4.69, 9.17) is 0 Å². The SMILES string of the molecule is CC(C)C1CNC(C)(C)CN1c1cc(F)ccc1F. The van der Waals surface area contributed by atoms with E-state index < -0.39 is 5.82 Å². The van der Waals surface area contributed by atoms with E-state index in [9.17, 15) is 8.78 Å². The number of nitrogens with one attached hydrogen (secondary N) is 1. The average molecular weight is 268 g/mol. The minimum absolute atomic E-state index is 0.107. The molecule has 1 aliphatic heterocycles. The van der Waals surface area contributed by atoms with Crippen LogP contribution < -0.4 is 10.2 Å². The molecule has 1 heterocycles. The molecule has 1 N–H and O–H groups in total. The third-order valence-corrected chi connectivity index (χ3v) is 3.74. The van der Waals surface area contributed by atoms with Crippen molar-refractivity contribution in [1.82, 2.24) is 5.32 Å². The Kier molecular flexibility index (Phi) is 3.81. The molecule has 0 amide bonds. The number of halogens is 2.